The second-order valence-electron chi connectivity index (χ2n) is 5.87. The van der Waals surface area contributed by atoms with E-state index in [2.05, 4.69) is 20.3 Å². The van der Waals surface area contributed by atoms with Gasteiger partial charge in [-0.05, 0) is 25.0 Å². The summed E-state index contributed by atoms with van der Waals surface area (Å²) in [5, 5.41) is 11.7. The van der Waals surface area contributed by atoms with Crippen LogP contribution in [-0.4, -0.2) is 37.6 Å². The standard InChI is InChI=1S/C16H16ClN5O3S/c17-11-4-1-3-10(7-11)14-18-13(25-21-14)9-26-16-20-19-15(23)22(16)8-12-5-2-6-24-12/h1,3-4,7,12H,2,5-6,8-9H2,(H,19,23)/t12-/m1/s1. The molecule has 1 aromatic carbocycles. The van der Waals surface area contributed by atoms with Gasteiger partial charge in [0.1, 0.15) is 0 Å². The summed E-state index contributed by atoms with van der Waals surface area (Å²) in [5.41, 5.74) is 0.542. The van der Waals surface area contributed by atoms with E-state index in [0.717, 1.165) is 25.0 Å². The summed E-state index contributed by atoms with van der Waals surface area (Å²) in [6, 6.07) is 7.25. The number of ether oxygens (including phenoxy) is 1. The van der Waals surface area contributed by atoms with E-state index >= 15 is 0 Å². The fraction of sp³-hybridized carbons (Fsp3) is 0.375. The average Bonchev–Trinajstić information content (AvgIpc) is 3.37. The third-order valence-electron chi connectivity index (χ3n) is 4.01. The minimum atomic E-state index is -0.242. The Morgan fingerprint density at radius 2 is 2.35 bits per heavy atom. The number of benzene rings is 1. The lowest BCUT2D eigenvalue weighted by atomic mass is 10.2. The maximum atomic E-state index is 12.0. The van der Waals surface area contributed by atoms with E-state index in [0.29, 0.717) is 34.2 Å². The van der Waals surface area contributed by atoms with Crippen LogP contribution in [0.2, 0.25) is 5.02 Å². The van der Waals surface area contributed by atoms with Crippen molar-refractivity contribution in [1.29, 1.82) is 0 Å². The molecule has 0 aliphatic carbocycles. The highest BCUT2D eigenvalue weighted by molar-refractivity contribution is 7.98. The topological polar surface area (TPSA) is 98.8 Å². The van der Waals surface area contributed by atoms with E-state index in [1.54, 1.807) is 16.7 Å². The van der Waals surface area contributed by atoms with Crippen molar-refractivity contribution in [1.82, 2.24) is 24.9 Å². The molecule has 1 fully saturated rings. The van der Waals surface area contributed by atoms with Crippen molar-refractivity contribution in [2.45, 2.75) is 36.4 Å². The summed E-state index contributed by atoms with van der Waals surface area (Å²) in [4.78, 5) is 16.3. The van der Waals surface area contributed by atoms with Crippen molar-refractivity contribution in [3.8, 4) is 11.4 Å². The first-order chi connectivity index (χ1) is 12.7. The monoisotopic (exact) mass is 393 g/mol. The van der Waals surface area contributed by atoms with Crippen LogP contribution in [0.1, 0.15) is 18.7 Å². The summed E-state index contributed by atoms with van der Waals surface area (Å²) < 4.78 is 12.5. The van der Waals surface area contributed by atoms with Gasteiger partial charge in [-0.1, -0.05) is 40.7 Å². The molecule has 0 radical (unpaired) electrons. The minimum Gasteiger partial charge on any atom is -0.376 e. The maximum absolute atomic E-state index is 12.0. The Labute approximate surface area is 157 Å². The Kier molecular flexibility index (Phi) is 5.09. The van der Waals surface area contributed by atoms with Crippen molar-refractivity contribution in [2.24, 2.45) is 0 Å². The highest BCUT2D eigenvalue weighted by Gasteiger charge is 2.20. The largest absolute Gasteiger partial charge is 0.376 e. The molecular weight excluding hydrogens is 378 g/mol. The lowest BCUT2D eigenvalue weighted by molar-refractivity contribution is 0.0941. The molecule has 8 nitrogen and oxygen atoms in total. The Balaban J connectivity index is 1.44. The molecule has 0 spiro atoms. The molecule has 1 aliphatic rings. The lowest BCUT2D eigenvalue weighted by Crippen LogP contribution is -2.24. The van der Waals surface area contributed by atoms with Crippen LogP contribution in [0.15, 0.2) is 38.7 Å². The third-order valence-corrected chi connectivity index (χ3v) is 5.21. The van der Waals surface area contributed by atoms with Gasteiger partial charge in [-0.2, -0.15) is 4.98 Å². The molecule has 26 heavy (non-hydrogen) atoms. The quantitative estimate of drug-likeness (QED) is 0.643. The second kappa shape index (κ2) is 7.65. The SMILES string of the molecule is O=c1[nH]nc(SCc2nc(-c3cccc(Cl)c3)no2)n1C[C@H]1CCCO1. The molecule has 0 amide bonds. The van der Waals surface area contributed by atoms with Crippen molar-refractivity contribution in [2.75, 3.05) is 6.61 Å². The first-order valence-electron chi connectivity index (χ1n) is 8.17. The Morgan fingerprint density at radius 1 is 1.42 bits per heavy atom. The molecular formula is C16H16ClN5O3S. The Hall–Kier alpha value is -2.10. The number of H-pyrrole nitrogens is 1. The normalized spacial score (nSPS) is 17.0. The van der Waals surface area contributed by atoms with Crippen molar-refractivity contribution >= 4 is 23.4 Å². The van der Waals surface area contributed by atoms with Crippen molar-refractivity contribution in [3.63, 3.8) is 0 Å². The fourth-order valence-electron chi connectivity index (χ4n) is 2.75. The molecule has 136 valence electrons. The van der Waals surface area contributed by atoms with Gasteiger partial charge in [-0.3, -0.25) is 4.57 Å². The van der Waals surface area contributed by atoms with E-state index in [9.17, 15) is 4.79 Å². The molecule has 4 rings (SSSR count). The van der Waals surface area contributed by atoms with Gasteiger partial charge in [0.05, 0.1) is 18.4 Å². The number of thioether (sulfide) groups is 1. The smallest absolute Gasteiger partial charge is 0.344 e. The molecule has 1 atom stereocenters. The molecule has 10 heteroatoms. The van der Waals surface area contributed by atoms with Crippen LogP contribution in [0, 0.1) is 0 Å². The van der Waals surface area contributed by atoms with Gasteiger partial charge >= 0.3 is 5.69 Å². The predicted molar refractivity (Wildman–Crippen MR) is 96.1 cm³/mol. The number of halogens is 1. The van der Waals surface area contributed by atoms with Gasteiger partial charge in [0.25, 0.3) is 0 Å². The van der Waals surface area contributed by atoms with E-state index < -0.39 is 0 Å². The minimum absolute atomic E-state index is 0.0579. The van der Waals surface area contributed by atoms with Gasteiger partial charge in [-0.15, -0.1) is 5.10 Å². The molecule has 3 heterocycles. The van der Waals surface area contributed by atoms with E-state index in [1.165, 1.54) is 11.8 Å². The fourth-order valence-corrected chi connectivity index (χ4v) is 3.73. The predicted octanol–water partition coefficient (Wildman–Crippen LogP) is 2.75. The van der Waals surface area contributed by atoms with Gasteiger partial charge in [0.2, 0.25) is 11.7 Å². The van der Waals surface area contributed by atoms with Crippen LogP contribution in [0.5, 0.6) is 0 Å². The third kappa shape index (κ3) is 3.84. The van der Waals surface area contributed by atoms with E-state index in [1.807, 2.05) is 12.1 Å². The van der Waals surface area contributed by atoms with E-state index in [-0.39, 0.29) is 11.8 Å². The molecule has 2 aromatic heterocycles. The summed E-state index contributed by atoms with van der Waals surface area (Å²) in [6.45, 7) is 1.24. The van der Waals surface area contributed by atoms with Crippen LogP contribution in [-0.2, 0) is 17.0 Å². The molecule has 1 aliphatic heterocycles. The maximum Gasteiger partial charge on any atom is 0.344 e. The molecule has 0 bridgehead atoms. The molecule has 3 aromatic rings. The van der Waals surface area contributed by atoms with E-state index in [4.69, 9.17) is 20.9 Å². The van der Waals surface area contributed by atoms with Crippen LogP contribution in [0.25, 0.3) is 11.4 Å². The number of nitrogens with zero attached hydrogens (tertiary/aromatic N) is 4. The van der Waals surface area contributed by atoms with Crippen LogP contribution in [0.4, 0.5) is 0 Å². The van der Waals surface area contributed by atoms with Gasteiger partial charge < -0.3 is 9.26 Å². The first kappa shape index (κ1) is 17.3. The molecule has 0 saturated carbocycles. The zero-order chi connectivity index (χ0) is 17.9. The van der Waals surface area contributed by atoms with Crippen molar-refractivity contribution in [3.05, 3.63) is 45.7 Å². The first-order valence-corrected chi connectivity index (χ1v) is 9.53. The highest BCUT2D eigenvalue weighted by Crippen LogP contribution is 2.24. The number of nitrogens with one attached hydrogen (secondary N) is 1. The second-order valence-corrected chi connectivity index (χ2v) is 7.25. The number of aromatic amines is 1. The summed E-state index contributed by atoms with van der Waals surface area (Å²) in [5.74, 6) is 1.33. The van der Waals surface area contributed by atoms with Crippen molar-refractivity contribution < 1.29 is 9.26 Å². The Morgan fingerprint density at radius 3 is 3.15 bits per heavy atom. The number of rotatable bonds is 6. The number of hydrogen-bond donors (Lipinski definition) is 1. The zero-order valence-electron chi connectivity index (χ0n) is 13.7. The summed E-state index contributed by atoms with van der Waals surface area (Å²) >= 11 is 7.35. The average molecular weight is 394 g/mol. The lowest BCUT2D eigenvalue weighted by Gasteiger charge is -2.10. The van der Waals surface area contributed by atoms with Gasteiger partial charge in [-0.25, -0.2) is 9.89 Å². The Bertz CT molecular complexity index is 947. The number of hydrogen-bond acceptors (Lipinski definition) is 7. The zero-order valence-corrected chi connectivity index (χ0v) is 15.3. The van der Waals surface area contributed by atoms with Crippen LogP contribution in [0.3, 0.4) is 0 Å². The molecule has 0 unspecified atom stereocenters. The number of aromatic nitrogens is 5. The molecule has 1 saturated heterocycles. The summed E-state index contributed by atoms with van der Waals surface area (Å²) in [6.07, 6.45) is 2.03. The molecule has 1 N–H and O–H groups in total. The van der Waals surface area contributed by atoms with Crippen LogP contribution >= 0.6 is 23.4 Å². The van der Waals surface area contributed by atoms with Gasteiger partial charge in [0.15, 0.2) is 5.16 Å². The highest BCUT2D eigenvalue weighted by atomic mass is 35.5. The van der Waals surface area contributed by atoms with Gasteiger partial charge in [0, 0.05) is 17.2 Å². The van der Waals surface area contributed by atoms with Crippen LogP contribution < -0.4 is 5.69 Å². The summed E-state index contributed by atoms with van der Waals surface area (Å²) in [7, 11) is 0.